The number of carbonyl (C=O) groups excluding carboxylic acids is 1. The van der Waals surface area contributed by atoms with E-state index in [9.17, 15) is 31.1 Å². The second-order valence-corrected chi connectivity index (χ2v) is 8.47. The topological polar surface area (TPSA) is 50.4 Å². The number of carbonyl (C=O) groups is 1. The smallest absolute Gasteiger partial charge is 0.371 e. The molecule has 2 N–H and O–H groups in total. The van der Waals surface area contributed by atoms with E-state index >= 15 is 0 Å². The highest BCUT2D eigenvalue weighted by molar-refractivity contribution is 5.85. The Morgan fingerprint density at radius 3 is 2.03 bits per heavy atom. The van der Waals surface area contributed by atoms with Gasteiger partial charge in [0.05, 0.1) is 23.8 Å². The summed E-state index contributed by atoms with van der Waals surface area (Å²) < 4.78 is 86.4. The van der Waals surface area contributed by atoms with Crippen LogP contribution < -0.4 is 10.6 Å². The molecule has 194 valence electrons. The standard InChI is InChI=1S/C24H26F6N2O2.ClH/c1-16(33)32-14-21(17-11-19(23(25,26)27)13-20(12-17)24(28,29)30)34-15-22(7-9-31-10-8-22)18-5-3-2-4-6-18;/h2-6,11-13,21,31H,7-10,14-15H2,1H3,(H,32,33);1H. The number of hydrogen-bond acceptors (Lipinski definition) is 3. The van der Waals surface area contributed by atoms with Crippen molar-refractivity contribution >= 4 is 18.3 Å². The fourth-order valence-electron chi connectivity index (χ4n) is 4.15. The molecule has 1 aliphatic heterocycles. The molecule has 0 aromatic heterocycles. The van der Waals surface area contributed by atoms with Crippen LogP contribution in [0.1, 0.15) is 48.1 Å². The van der Waals surface area contributed by atoms with E-state index in [1.54, 1.807) is 0 Å². The van der Waals surface area contributed by atoms with Gasteiger partial charge in [0.2, 0.25) is 5.91 Å². The van der Waals surface area contributed by atoms with Crippen molar-refractivity contribution in [2.45, 2.75) is 43.6 Å². The van der Waals surface area contributed by atoms with E-state index in [0.717, 1.165) is 5.56 Å². The third kappa shape index (κ3) is 7.59. The molecule has 0 spiro atoms. The van der Waals surface area contributed by atoms with Crippen LogP contribution in [0, 0.1) is 0 Å². The van der Waals surface area contributed by atoms with E-state index < -0.39 is 40.9 Å². The van der Waals surface area contributed by atoms with Gasteiger partial charge in [-0.05, 0) is 55.3 Å². The van der Waals surface area contributed by atoms with Crippen LogP contribution in [0.25, 0.3) is 0 Å². The van der Waals surface area contributed by atoms with Crippen molar-refractivity contribution < 1.29 is 35.9 Å². The zero-order valence-electron chi connectivity index (χ0n) is 18.9. The van der Waals surface area contributed by atoms with E-state index in [1.807, 2.05) is 30.3 Å². The van der Waals surface area contributed by atoms with Gasteiger partial charge in [-0.25, -0.2) is 0 Å². The first-order valence-corrected chi connectivity index (χ1v) is 10.8. The Labute approximate surface area is 205 Å². The highest BCUT2D eigenvalue weighted by Gasteiger charge is 2.39. The predicted molar refractivity (Wildman–Crippen MR) is 121 cm³/mol. The summed E-state index contributed by atoms with van der Waals surface area (Å²) in [5, 5.41) is 5.72. The van der Waals surface area contributed by atoms with Crippen LogP contribution in [0.4, 0.5) is 26.3 Å². The number of benzene rings is 2. The molecule has 0 saturated carbocycles. The van der Waals surface area contributed by atoms with Gasteiger partial charge < -0.3 is 15.4 Å². The number of piperidine rings is 1. The first-order valence-electron chi connectivity index (χ1n) is 10.8. The van der Waals surface area contributed by atoms with E-state index in [4.69, 9.17) is 4.74 Å². The highest BCUT2D eigenvalue weighted by Crippen LogP contribution is 2.39. The monoisotopic (exact) mass is 524 g/mol. The first-order chi connectivity index (χ1) is 15.9. The largest absolute Gasteiger partial charge is 0.416 e. The van der Waals surface area contributed by atoms with Crippen LogP contribution in [-0.4, -0.2) is 32.1 Å². The fourth-order valence-corrected chi connectivity index (χ4v) is 4.15. The lowest BCUT2D eigenvalue weighted by Crippen LogP contribution is -2.44. The van der Waals surface area contributed by atoms with Crippen molar-refractivity contribution in [3.63, 3.8) is 0 Å². The molecule has 1 heterocycles. The normalized spacial score (nSPS) is 16.8. The summed E-state index contributed by atoms with van der Waals surface area (Å²) >= 11 is 0. The molecule has 0 aliphatic carbocycles. The summed E-state index contributed by atoms with van der Waals surface area (Å²) in [7, 11) is 0. The number of halogens is 7. The van der Waals surface area contributed by atoms with Gasteiger partial charge in [0.15, 0.2) is 0 Å². The first kappa shape index (κ1) is 28.9. The van der Waals surface area contributed by atoms with Gasteiger partial charge in [-0.15, -0.1) is 12.4 Å². The summed E-state index contributed by atoms with van der Waals surface area (Å²) in [5.74, 6) is -0.476. The van der Waals surface area contributed by atoms with Crippen molar-refractivity contribution in [1.29, 1.82) is 0 Å². The van der Waals surface area contributed by atoms with Crippen molar-refractivity contribution in [1.82, 2.24) is 10.6 Å². The molecule has 0 bridgehead atoms. The molecular weight excluding hydrogens is 498 g/mol. The van der Waals surface area contributed by atoms with Gasteiger partial charge in [0, 0.05) is 18.9 Å². The van der Waals surface area contributed by atoms with Crippen molar-refractivity contribution in [2.75, 3.05) is 26.2 Å². The Kier molecular flexibility index (Phi) is 9.61. The number of amides is 1. The second kappa shape index (κ2) is 11.6. The van der Waals surface area contributed by atoms with Crippen molar-refractivity contribution in [3.8, 4) is 0 Å². The molecule has 1 fully saturated rings. The second-order valence-electron chi connectivity index (χ2n) is 8.47. The predicted octanol–water partition coefficient (Wildman–Crippen LogP) is 5.66. The number of nitrogens with one attached hydrogen (secondary N) is 2. The summed E-state index contributed by atoms with van der Waals surface area (Å²) in [6.45, 7) is 2.40. The van der Waals surface area contributed by atoms with Crippen LogP contribution in [0.3, 0.4) is 0 Å². The van der Waals surface area contributed by atoms with Crippen LogP contribution in [0.2, 0.25) is 0 Å². The van der Waals surface area contributed by atoms with Gasteiger partial charge in [-0.1, -0.05) is 30.3 Å². The SMILES string of the molecule is CC(=O)NCC(OCC1(c2ccccc2)CCNCC1)c1cc(C(F)(F)F)cc(C(F)(F)F)c1.Cl. The molecule has 11 heteroatoms. The maximum absolute atomic E-state index is 13.4. The third-order valence-corrected chi connectivity index (χ3v) is 6.03. The van der Waals surface area contributed by atoms with Gasteiger partial charge in [0.1, 0.15) is 0 Å². The van der Waals surface area contributed by atoms with Gasteiger partial charge in [-0.3, -0.25) is 4.79 Å². The van der Waals surface area contributed by atoms with E-state index in [1.165, 1.54) is 6.92 Å². The minimum Gasteiger partial charge on any atom is -0.371 e. The molecule has 0 radical (unpaired) electrons. The molecule has 1 saturated heterocycles. The Balaban J connectivity index is 0.00000432. The molecule has 1 aliphatic rings. The van der Waals surface area contributed by atoms with Gasteiger partial charge in [0.25, 0.3) is 0 Å². The lowest BCUT2D eigenvalue weighted by atomic mass is 9.74. The van der Waals surface area contributed by atoms with Crippen molar-refractivity contribution in [2.24, 2.45) is 0 Å². The zero-order chi connectivity index (χ0) is 25.0. The minimum atomic E-state index is -4.98. The van der Waals surface area contributed by atoms with Crippen LogP contribution in [0.15, 0.2) is 48.5 Å². The third-order valence-electron chi connectivity index (χ3n) is 6.03. The Morgan fingerprint density at radius 1 is 1.00 bits per heavy atom. The Bertz CT molecular complexity index is 944. The number of rotatable bonds is 7. The molecule has 35 heavy (non-hydrogen) atoms. The summed E-state index contributed by atoms with van der Waals surface area (Å²) in [6, 6.07) is 10.9. The molecule has 2 aromatic carbocycles. The van der Waals surface area contributed by atoms with Crippen molar-refractivity contribution in [3.05, 3.63) is 70.8 Å². The molecular formula is C24H27ClF6N2O2. The van der Waals surface area contributed by atoms with E-state index in [-0.39, 0.29) is 37.2 Å². The lowest BCUT2D eigenvalue weighted by molar-refractivity contribution is -0.143. The molecule has 1 unspecified atom stereocenters. The molecule has 2 aromatic rings. The Morgan fingerprint density at radius 2 is 1.54 bits per heavy atom. The molecule has 1 atom stereocenters. The number of alkyl halides is 6. The average Bonchev–Trinajstić information content (AvgIpc) is 2.78. The number of ether oxygens (including phenoxy) is 1. The molecule has 4 nitrogen and oxygen atoms in total. The molecule has 3 rings (SSSR count). The lowest BCUT2D eigenvalue weighted by Gasteiger charge is -2.39. The van der Waals surface area contributed by atoms with Gasteiger partial charge in [-0.2, -0.15) is 26.3 Å². The van der Waals surface area contributed by atoms with Crippen LogP contribution >= 0.6 is 12.4 Å². The van der Waals surface area contributed by atoms with Gasteiger partial charge >= 0.3 is 12.4 Å². The summed E-state index contributed by atoms with van der Waals surface area (Å²) in [4.78, 5) is 11.5. The maximum Gasteiger partial charge on any atom is 0.416 e. The van der Waals surface area contributed by atoms with Crippen LogP contribution in [0.5, 0.6) is 0 Å². The summed E-state index contributed by atoms with van der Waals surface area (Å²) in [5.41, 5.74) is -2.63. The average molecular weight is 525 g/mol. The van der Waals surface area contributed by atoms with Crippen LogP contribution in [-0.2, 0) is 27.3 Å². The maximum atomic E-state index is 13.4. The van der Waals surface area contributed by atoms with E-state index in [0.29, 0.717) is 38.1 Å². The highest BCUT2D eigenvalue weighted by atomic mass is 35.5. The Hall–Kier alpha value is -2.30. The zero-order valence-corrected chi connectivity index (χ0v) is 19.7. The minimum absolute atomic E-state index is 0. The fraction of sp³-hybridized carbons (Fsp3) is 0.458. The quantitative estimate of drug-likeness (QED) is 0.460. The molecule has 1 amide bonds. The van der Waals surface area contributed by atoms with E-state index in [2.05, 4.69) is 10.6 Å². The number of hydrogen-bond donors (Lipinski definition) is 2. The summed E-state index contributed by atoms with van der Waals surface area (Å²) in [6.07, 6.45) is -9.80.